The molecule has 0 saturated carbocycles. The molecule has 172 valence electrons. The maximum Gasteiger partial charge on any atom is 0.341 e. The van der Waals surface area contributed by atoms with Crippen molar-refractivity contribution >= 4 is 16.9 Å². The van der Waals surface area contributed by atoms with Crippen LogP contribution in [0.5, 0.6) is 5.75 Å². The number of pyridine rings is 1. The molecule has 3 aromatic rings. The lowest BCUT2D eigenvalue weighted by Gasteiger charge is -2.56. The minimum atomic E-state index is -0.349. The normalized spacial score (nSPS) is 25.5. The van der Waals surface area contributed by atoms with Gasteiger partial charge in [0.2, 0.25) is 0 Å². The highest BCUT2D eigenvalue weighted by molar-refractivity contribution is 6.07. The lowest BCUT2D eigenvalue weighted by Crippen LogP contribution is -2.64. The third-order valence-electron chi connectivity index (χ3n) is 7.98. The number of aryl methyl sites for hydroxylation is 1. The number of H-pyrrole nitrogens is 1. The van der Waals surface area contributed by atoms with Crippen molar-refractivity contribution in [3.05, 3.63) is 59.0 Å². The highest BCUT2D eigenvalue weighted by Gasteiger charge is 2.52. The molecule has 2 fully saturated rings. The summed E-state index contributed by atoms with van der Waals surface area (Å²) in [5.41, 5.74) is 4.38. The second-order valence-electron chi connectivity index (χ2n) is 9.85. The number of aromatic nitrogens is 2. The summed E-state index contributed by atoms with van der Waals surface area (Å²) in [4.78, 5) is 23.5. The number of carbonyl (C=O) groups is 1. The van der Waals surface area contributed by atoms with Crippen LogP contribution in [0.2, 0.25) is 0 Å². The molecule has 3 aliphatic heterocycles. The van der Waals surface area contributed by atoms with Crippen LogP contribution >= 0.6 is 0 Å². The third-order valence-corrected chi connectivity index (χ3v) is 7.98. The SMILES string of the molecule is Cc1[nH]c2ccc3c(c2c1C(=O)OC(C)c1ccncc1)CC1CCCN2CCCCC12O3. The number of aromatic amines is 1. The van der Waals surface area contributed by atoms with E-state index in [1.54, 1.807) is 12.4 Å². The molecule has 0 aliphatic carbocycles. The summed E-state index contributed by atoms with van der Waals surface area (Å²) in [6, 6.07) is 7.91. The molecule has 5 heterocycles. The molecule has 0 amide bonds. The van der Waals surface area contributed by atoms with E-state index in [1.807, 2.05) is 26.0 Å². The Balaban J connectivity index is 1.39. The minimum absolute atomic E-state index is 0.168. The molecule has 1 spiro atoms. The van der Waals surface area contributed by atoms with E-state index in [1.165, 1.54) is 25.7 Å². The number of hydrogen-bond donors (Lipinski definition) is 1. The third kappa shape index (κ3) is 3.26. The van der Waals surface area contributed by atoms with Gasteiger partial charge in [-0.05, 0) is 75.8 Å². The van der Waals surface area contributed by atoms with E-state index in [0.29, 0.717) is 11.5 Å². The zero-order chi connectivity index (χ0) is 22.6. The van der Waals surface area contributed by atoms with Gasteiger partial charge >= 0.3 is 5.97 Å². The first-order chi connectivity index (χ1) is 16.1. The highest BCUT2D eigenvalue weighted by Crippen LogP contribution is 2.50. The van der Waals surface area contributed by atoms with Crippen molar-refractivity contribution < 1.29 is 14.3 Å². The molecule has 6 heteroatoms. The van der Waals surface area contributed by atoms with E-state index in [2.05, 4.69) is 27.0 Å². The molecule has 1 aromatic carbocycles. The number of ether oxygens (including phenoxy) is 2. The van der Waals surface area contributed by atoms with Gasteiger partial charge in [-0.3, -0.25) is 9.88 Å². The van der Waals surface area contributed by atoms with Gasteiger partial charge in [-0.25, -0.2) is 4.79 Å². The molecule has 33 heavy (non-hydrogen) atoms. The van der Waals surface area contributed by atoms with Crippen molar-refractivity contribution in [3.63, 3.8) is 0 Å². The molecular weight excluding hydrogens is 414 g/mol. The maximum atomic E-state index is 13.4. The van der Waals surface area contributed by atoms with Crippen molar-refractivity contribution in [2.45, 2.75) is 64.2 Å². The van der Waals surface area contributed by atoms with Crippen LogP contribution in [0.1, 0.15) is 72.3 Å². The number of carbonyl (C=O) groups excluding carboxylic acids is 1. The van der Waals surface area contributed by atoms with E-state index in [-0.39, 0.29) is 17.8 Å². The van der Waals surface area contributed by atoms with Crippen LogP contribution in [0, 0.1) is 12.8 Å². The monoisotopic (exact) mass is 445 g/mol. The van der Waals surface area contributed by atoms with Crippen molar-refractivity contribution in [2.24, 2.45) is 5.92 Å². The first kappa shape index (κ1) is 20.7. The fraction of sp³-hybridized carbons (Fsp3) is 0.481. The number of rotatable bonds is 3. The van der Waals surface area contributed by atoms with Gasteiger partial charge in [0, 0.05) is 60.0 Å². The number of nitrogens with one attached hydrogen (secondary N) is 1. The molecular formula is C27H31N3O3. The number of esters is 1. The van der Waals surface area contributed by atoms with Crippen molar-refractivity contribution in [1.29, 1.82) is 0 Å². The predicted molar refractivity (Wildman–Crippen MR) is 126 cm³/mol. The summed E-state index contributed by atoms with van der Waals surface area (Å²) in [6.07, 6.45) is 10.0. The number of benzene rings is 1. The van der Waals surface area contributed by atoms with Gasteiger partial charge in [0.25, 0.3) is 0 Å². The average Bonchev–Trinajstić information content (AvgIpc) is 3.18. The van der Waals surface area contributed by atoms with Gasteiger partial charge in [-0.2, -0.15) is 0 Å². The number of piperidine rings is 2. The van der Waals surface area contributed by atoms with Crippen LogP contribution in [0.25, 0.3) is 10.9 Å². The lowest BCUT2D eigenvalue weighted by molar-refractivity contribution is -0.177. The zero-order valence-electron chi connectivity index (χ0n) is 19.4. The second kappa shape index (κ2) is 7.87. The van der Waals surface area contributed by atoms with Crippen LogP contribution in [-0.2, 0) is 11.2 Å². The van der Waals surface area contributed by atoms with Gasteiger partial charge in [-0.1, -0.05) is 0 Å². The van der Waals surface area contributed by atoms with Crippen LogP contribution in [-0.4, -0.2) is 39.7 Å². The lowest BCUT2D eigenvalue weighted by atomic mass is 9.74. The molecule has 3 aliphatic rings. The summed E-state index contributed by atoms with van der Waals surface area (Å²) < 4.78 is 12.8. The fourth-order valence-corrected chi connectivity index (χ4v) is 6.39. The molecule has 3 atom stereocenters. The quantitative estimate of drug-likeness (QED) is 0.553. The standard InChI is InChI=1S/C27H31N3O3/c1-17-24(26(31)32-18(2)19-9-12-28-13-10-19)25-21-16-20-6-5-15-30-14-4-3-11-27(20,30)33-23(21)8-7-22(25)29-17/h7-10,12-13,18,20,29H,3-6,11,14-16H2,1-2H3. The molecule has 1 N–H and O–H groups in total. The molecule has 6 nitrogen and oxygen atoms in total. The van der Waals surface area contributed by atoms with E-state index in [0.717, 1.165) is 59.4 Å². The maximum absolute atomic E-state index is 13.4. The number of nitrogens with zero attached hydrogens (tertiary/aromatic N) is 2. The van der Waals surface area contributed by atoms with E-state index >= 15 is 0 Å². The van der Waals surface area contributed by atoms with Gasteiger partial charge in [-0.15, -0.1) is 0 Å². The van der Waals surface area contributed by atoms with Gasteiger partial charge in [0.15, 0.2) is 5.72 Å². The van der Waals surface area contributed by atoms with Crippen LogP contribution in [0.15, 0.2) is 36.7 Å². The van der Waals surface area contributed by atoms with Gasteiger partial charge in [0.1, 0.15) is 11.9 Å². The molecule has 3 unspecified atom stereocenters. The summed E-state index contributed by atoms with van der Waals surface area (Å²) in [5, 5.41) is 0.972. The van der Waals surface area contributed by atoms with E-state index in [4.69, 9.17) is 9.47 Å². The average molecular weight is 446 g/mol. The first-order valence-corrected chi connectivity index (χ1v) is 12.3. The smallest absolute Gasteiger partial charge is 0.341 e. The fourth-order valence-electron chi connectivity index (χ4n) is 6.39. The Bertz CT molecular complexity index is 1200. The molecule has 0 bridgehead atoms. The molecule has 2 saturated heterocycles. The van der Waals surface area contributed by atoms with Crippen LogP contribution in [0.4, 0.5) is 0 Å². The Morgan fingerprint density at radius 1 is 1.21 bits per heavy atom. The van der Waals surface area contributed by atoms with Crippen LogP contribution in [0.3, 0.4) is 0 Å². The highest BCUT2D eigenvalue weighted by atomic mass is 16.5. The van der Waals surface area contributed by atoms with E-state index < -0.39 is 0 Å². The van der Waals surface area contributed by atoms with Crippen molar-refractivity contribution in [3.8, 4) is 5.75 Å². The number of hydrogen-bond acceptors (Lipinski definition) is 5. The Morgan fingerprint density at radius 3 is 2.88 bits per heavy atom. The second-order valence-corrected chi connectivity index (χ2v) is 9.85. The topological polar surface area (TPSA) is 67.5 Å². The van der Waals surface area contributed by atoms with Gasteiger partial charge in [0.05, 0.1) is 5.56 Å². The number of fused-ring (bicyclic) bond motifs is 3. The Hall–Kier alpha value is -2.86. The molecule has 2 aromatic heterocycles. The summed E-state index contributed by atoms with van der Waals surface area (Å²) in [6.45, 7) is 6.11. The first-order valence-electron chi connectivity index (χ1n) is 12.3. The summed E-state index contributed by atoms with van der Waals surface area (Å²) in [7, 11) is 0. The Morgan fingerprint density at radius 2 is 2.03 bits per heavy atom. The summed E-state index contributed by atoms with van der Waals surface area (Å²) in [5.74, 6) is 1.10. The molecule has 6 rings (SSSR count). The largest absolute Gasteiger partial charge is 0.472 e. The summed E-state index contributed by atoms with van der Waals surface area (Å²) >= 11 is 0. The van der Waals surface area contributed by atoms with E-state index in [9.17, 15) is 4.79 Å². The Kier molecular flexibility index (Phi) is 4.94. The zero-order valence-corrected chi connectivity index (χ0v) is 19.4. The van der Waals surface area contributed by atoms with Gasteiger partial charge < -0.3 is 14.5 Å². The minimum Gasteiger partial charge on any atom is -0.472 e. The van der Waals surface area contributed by atoms with Crippen molar-refractivity contribution in [1.82, 2.24) is 14.9 Å². The van der Waals surface area contributed by atoms with Crippen molar-refractivity contribution in [2.75, 3.05) is 13.1 Å². The molecule has 0 radical (unpaired) electrons. The van der Waals surface area contributed by atoms with Crippen LogP contribution < -0.4 is 4.74 Å². The predicted octanol–water partition coefficient (Wildman–Crippen LogP) is 5.32. The Labute approximate surface area is 194 Å².